The third-order valence-corrected chi connectivity index (χ3v) is 4.39. The number of amides is 1. The zero-order valence-corrected chi connectivity index (χ0v) is 14.0. The lowest BCUT2D eigenvalue weighted by atomic mass is 10.1. The van der Waals surface area contributed by atoms with Gasteiger partial charge in [0.1, 0.15) is 4.88 Å². The van der Waals surface area contributed by atoms with Gasteiger partial charge in [-0.15, -0.1) is 11.3 Å². The van der Waals surface area contributed by atoms with E-state index in [9.17, 15) is 4.79 Å². The van der Waals surface area contributed by atoms with Crippen LogP contribution in [0, 0.1) is 12.8 Å². The summed E-state index contributed by atoms with van der Waals surface area (Å²) in [7, 11) is 0. The lowest BCUT2D eigenvalue weighted by Crippen LogP contribution is -2.22. The van der Waals surface area contributed by atoms with Gasteiger partial charge in [0.2, 0.25) is 0 Å². The van der Waals surface area contributed by atoms with Crippen molar-refractivity contribution in [3.05, 3.63) is 50.4 Å². The second-order valence-electron chi connectivity index (χ2n) is 5.43. The summed E-state index contributed by atoms with van der Waals surface area (Å²) >= 11 is 7.42. The molecule has 0 aliphatic carbocycles. The number of thiazole rings is 1. The van der Waals surface area contributed by atoms with Gasteiger partial charge in [0.25, 0.3) is 5.91 Å². The second-order valence-corrected chi connectivity index (χ2v) is 6.95. The van der Waals surface area contributed by atoms with Crippen molar-refractivity contribution in [1.29, 1.82) is 0 Å². The predicted octanol–water partition coefficient (Wildman–Crippen LogP) is 4.23. The molecule has 0 bridgehead atoms. The maximum atomic E-state index is 12.2. The molecule has 5 heteroatoms. The molecule has 0 saturated heterocycles. The fourth-order valence-corrected chi connectivity index (χ4v) is 3.42. The molecule has 0 atom stereocenters. The summed E-state index contributed by atoms with van der Waals surface area (Å²) in [5.74, 6) is 0.470. The molecule has 1 heterocycles. The summed E-state index contributed by atoms with van der Waals surface area (Å²) < 4.78 is 0. The molecule has 0 unspecified atom stereocenters. The molecule has 21 heavy (non-hydrogen) atoms. The van der Waals surface area contributed by atoms with Crippen molar-refractivity contribution < 1.29 is 4.79 Å². The molecule has 2 aromatic rings. The fraction of sp³-hybridized carbons (Fsp3) is 0.375. The van der Waals surface area contributed by atoms with Gasteiger partial charge in [0.05, 0.1) is 10.7 Å². The Morgan fingerprint density at radius 3 is 2.86 bits per heavy atom. The van der Waals surface area contributed by atoms with Crippen LogP contribution in [0.5, 0.6) is 0 Å². The average molecular weight is 323 g/mol. The van der Waals surface area contributed by atoms with Crippen LogP contribution < -0.4 is 5.32 Å². The van der Waals surface area contributed by atoms with E-state index < -0.39 is 0 Å². The van der Waals surface area contributed by atoms with Crippen molar-refractivity contribution in [2.75, 3.05) is 0 Å². The van der Waals surface area contributed by atoms with E-state index in [-0.39, 0.29) is 5.91 Å². The van der Waals surface area contributed by atoms with Gasteiger partial charge in [-0.25, -0.2) is 4.98 Å². The van der Waals surface area contributed by atoms with Crippen LogP contribution in [0.4, 0.5) is 0 Å². The lowest BCUT2D eigenvalue weighted by Gasteiger charge is -2.04. The zero-order chi connectivity index (χ0) is 15.4. The van der Waals surface area contributed by atoms with E-state index >= 15 is 0 Å². The highest BCUT2D eigenvalue weighted by molar-refractivity contribution is 7.13. The van der Waals surface area contributed by atoms with Gasteiger partial charge in [-0.05, 0) is 30.5 Å². The van der Waals surface area contributed by atoms with E-state index in [1.165, 1.54) is 11.3 Å². The number of nitrogens with one attached hydrogen (secondary N) is 1. The van der Waals surface area contributed by atoms with Crippen LogP contribution in [0.3, 0.4) is 0 Å². The van der Waals surface area contributed by atoms with Crippen molar-refractivity contribution in [2.45, 2.75) is 33.7 Å². The molecule has 0 radical (unpaired) electrons. The molecule has 0 aliphatic heterocycles. The van der Waals surface area contributed by atoms with E-state index in [2.05, 4.69) is 24.1 Å². The Morgan fingerprint density at radius 1 is 1.43 bits per heavy atom. The molecule has 2 rings (SSSR count). The summed E-state index contributed by atoms with van der Waals surface area (Å²) in [6.45, 7) is 6.65. The van der Waals surface area contributed by atoms with E-state index in [1.54, 1.807) is 0 Å². The molecular weight excluding hydrogens is 304 g/mol. The van der Waals surface area contributed by atoms with Crippen LogP contribution >= 0.6 is 22.9 Å². The maximum Gasteiger partial charge on any atom is 0.263 e. The van der Waals surface area contributed by atoms with Gasteiger partial charge in [-0.1, -0.05) is 37.6 Å². The number of carbonyl (C=O) groups is 1. The Morgan fingerprint density at radius 2 is 2.19 bits per heavy atom. The second kappa shape index (κ2) is 7.05. The predicted molar refractivity (Wildman–Crippen MR) is 88.0 cm³/mol. The number of hydrogen-bond donors (Lipinski definition) is 1. The highest BCUT2D eigenvalue weighted by Crippen LogP contribution is 2.21. The minimum Gasteiger partial charge on any atom is -0.347 e. The summed E-state index contributed by atoms with van der Waals surface area (Å²) in [5.41, 5.74) is 1.79. The number of rotatable bonds is 5. The van der Waals surface area contributed by atoms with Crippen molar-refractivity contribution in [3.63, 3.8) is 0 Å². The minimum atomic E-state index is -0.0695. The third kappa shape index (κ3) is 4.55. The molecular formula is C16H19ClN2OS. The number of aryl methyl sites for hydroxylation is 1. The monoisotopic (exact) mass is 322 g/mol. The van der Waals surface area contributed by atoms with Crippen molar-refractivity contribution >= 4 is 28.8 Å². The Balaban J connectivity index is 2.01. The van der Waals surface area contributed by atoms with E-state index in [0.29, 0.717) is 22.4 Å². The largest absolute Gasteiger partial charge is 0.347 e. The standard InChI is InChI=1S/C16H19ClN2OS/c1-10(2)7-14-19-11(3)15(21-14)16(20)18-9-12-5-4-6-13(17)8-12/h4-6,8,10H,7,9H2,1-3H3,(H,18,20). The highest BCUT2D eigenvalue weighted by Gasteiger charge is 2.15. The summed E-state index contributed by atoms with van der Waals surface area (Å²) in [6, 6.07) is 7.49. The van der Waals surface area contributed by atoms with Crippen molar-refractivity contribution in [3.8, 4) is 0 Å². The number of hydrogen-bond acceptors (Lipinski definition) is 3. The van der Waals surface area contributed by atoms with E-state index in [0.717, 1.165) is 22.7 Å². The number of aromatic nitrogens is 1. The zero-order valence-electron chi connectivity index (χ0n) is 12.4. The van der Waals surface area contributed by atoms with Crippen molar-refractivity contribution in [1.82, 2.24) is 10.3 Å². The van der Waals surface area contributed by atoms with Gasteiger partial charge in [0, 0.05) is 18.0 Å². The molecule has 1 N–H and O–H groups in total. The molecule has 1 amide bonds. The molecule has 1 aromatic carbocycles. The number of carbonyl (C=O) groups excluding carboxylic acids is 1. The first-order chi connectivity index (χ1) is 9.95. The molecule has 0 saturated carbocycles. The summed E-state index contributed by atoms with van der Waals surface area (Å²) in [4.78, 5) is 17.4. The molecule has 3 nitrogen and oxygen atoms in total. The van der Waals surface area contributed by atoms with Crippen LogP contribution in [0.25, 0.3) is 0 Å². The SMILES string of the molecule is Cc1nc(CC(C)C)sc1C(=O)NCc1cccc(Cl)c1. The molecule has 0 spiro atoms. The van der Waals surface area contributed by atoms with Crippen molar-refractivity contribution in [2.24, 2.45) is 5.92 Å². The molecule has 0 aliphatic rings. The topological polar surface area (TPSA) is 42.0 Å². The van der Waals surface area contributed by atoms with Gasteiger partial charge in [-0.3, -0.25) is 4.79 Å². The minimum absolute atomic E-state index is 0.0695. The van der Waals surface area contributed by atoms with Crippen LogP contribution in [0.2, 0.25) is 5.02 Å². The maximum absolute atomic E-state index is 12.2. The summed E-state index contributed by atoms with van der Waals surface area (Å²) in [5, 5.41) is 4.62. The quantitative estimate of drug-likeness (QED) is 0.895. The molecule has 112 valence electrons. The first kappa shape index (κ1) is 16.0. The van der Waals surface area contributed by atoms with Gasteiger partial charge in [0.15, 0.2) is 0 Å². The van der Waals surface area contributed by atoms with Crippen LogP contribution in [0.15, 0.2) is 24.3 Å². The highest BCUT2D eigenvalue weighted by atomic mass is 35.5. The van der Waals surface area contributed by atoms with Gasteiger partial charge >= 0.3 is 0 Å². The Labute approximate surface area is 134 Å². The molecule has 0 fully saturated rings. The van der Waals surface area contributed by atoms with E-state index in [1.807, 2.05) is 31.2 Å². The average Bonchev–Trinajstić information content (AvgIpc) is 2.76. The first-order valence-electron chi connectivity index (χ1n) is 6.94. The van der Waals surface area contributed by atoms with Gasteiger partial charge < -0.3 is 5.32 Å². The Kier molecular flexibility index (Phi) is 5.37. The number of nitrogens with zero attached hydrogens (tertiary/aromatic N) is 1. The smallest absolute Gasteiger partial charge is 0.263 e. The Hall–Kier alpha value is -1.39. The fourth-order valence-electron chi connectivity index (χ4n) is 2.01. The van der Waals surface area contributed by atoms with Crippen LogP contribution in [-0.2, 0) is 13.0 Å². The first-order valence-corrected chi connectivity index (χ1v) is 8.14. The Bertz CT molecular complexity index is 637. The number of halogens is 1. The third-order valence-electron chi connectivity index (χ3n) is 2.97. The molecule has 1 aromatic heterocycles. The normalized spacial score (nSPS) is 10.9. The van der Waals surface area contributed by atoms with Gasteiger partial charge in [-0.2, -0.15) is 0 Å². The lowest BCUT2D eigenvalue weighted by molar-refractivity contribution is 0.0954. The van der Waals surface area contributed by atoms with Crippen LogP contribution in [0.1, 0.15) is 39.8 Å². The summed E-state index contributed by atoms with van der Waals surface area (Å²) in [6.07, 6.45) is 0.910. The number of benzene rings is 1. The van der Waals surface area contributed by atoms with Crippen LogP contribution in [-0.4, -0.2) is 10.9 Å². The van der Waals surface area contributed by atoms with E-state index in [4.69, 9.17) is 11.6 Å².